The van der Waals surface area contributed by atoms with Gasteiger partial charge in [0.05, 0.1) is 16.7 Å². The molecule has 0 spiro atoms. The highest BCUT2D eigenvalue weighted by Gasteiger charge is 2.19. The number of nitriles is 1. The van der Waals surface area contributed by atoms with Gasteiger partial charge in [0.25, 0.3) is 0 Å². The molecule has 0 atom stereocenters. The van der Waals surface area contributed by atoms with E-state index in [-0.39, 0.29) is 10.6 Å². The van der Waals surface area contributed by atoms with E-state index in [0.29, 0.717) is 0 Å². The lowest BCUT2D eigenvalue weighted by molar-refractivity contribution is 0.423. The summed E-state index contributed by atoms with van der Waals surface area (Å²) in [5, 5.41) is 25.6. The first-order chi connectivity index (χ1) is 6.06. The largest absolute Gasteiger partial charge is 0.491 e. The molecule has 0 radical (unpaired) electrons. The normalized spacial score (nSPS) is 9.46. The third kappa shape index (κ3) is 1.98. The number of rotatable bonds is 1. The van der Waals surface area contributed by atoms with E-state index in [1.165, 1.54) is 0 Å². The van der Waals surface area contributed by atoms with Gasteiger partial charge in [0, 0.05) is 5.46 Å². The Bertz CT molecular complexity index is 377. The predicted octanol–water partition coefficient (Wildman–Crippen LogP) is 0.0306. The summed E-state index contributed by atoms with van der Waals surface area (Å²) in [7, 11) is -1.97. The van der Waals surface area contributed by atoms with Crippen molar-refractivity contribution in [2.75, 3.05) is 0 Å². The smallest absolute Gasteiger partial charge is 0.423 e. The molecule has 1 aromatic carbocycles. The zero-order valence-electron chi connectivity index (χ0n) is 6.33. The molecule has 0 aliphatic heterocycles. The molecule has 13 heavy (non-hydrogen) atoms. The lowest BCUT2D eigenvalue weighted by Gasteiger charge is -2.03. The van der Waals surface area contributed by atoms with Crippen molar-refractivity contribution in [2.24, 2.45) is 0 Å². The van der Waals surface area contributed by atoms with Gasteiger partial charge in [-0.25, -0.2) is 4.39 Å². The predicted molar refractivity (Wildman–Crippen MR) is 46.0 cm³/mol. The third-order valence-corrected chi connectivity index (χ3v) is 1.74. The summed E-state index contributed by atoms with van der Waals surface area (Å²) in [5.41, 5.74) is -0.321. The average Bonchev–Trinajstić information content (AvgIpc) is 2.09. The Morgan fingerprint density at radius 2 is 2.08 bits per heavy atom. The van der Waals surface area contributed by atoms with Gasteiger partial charge < -0.3 is 10.0 Å². The minimum absolute atomic E-state index is 0.0782. The first-order valence-electron chi connectivity index (χ1n) is 3.31. The summed E-state index contributed by atoms with van der Waals surface area (Å²) in [5.74, 6) is -0.921. The fourth-order valence-electron chi connectivity index (χ4n) is 0.863. The van der Waals surface area contributed by atoms with Crippen molar-refractivity contribution in [3.8, 4) is 6.07 Å². The van der Waals surface area contributed by atoms with Crippen LogP contribution in [0.15, 0.2) is 12.1 Å². The Balaban J connectivity index is 3.35. The van der Waals surface area contributed by atoms with Crippen molar-refractivity contribution >= 4 is 24.2 Å². The van der Waals surface area contributed by atoms with Gasteiger partial charge in [-0.15, -0.1) is 0 Å². The molecule has 1 aromatic rings. The number of benzene rings is 1. The molecule has 0 aliphatic carbocycles. The van der Waals surface area contributed by atoms with Gasteiger partial charge >= 0.3 is 7.12 Å². The molecule has 1 rings (SSSR count). The van der Waals surface area contributed by atoms with E-state index in [2.05, 4.69) is 0 Å². The minimum Gasteiger partial charge on any atom is -0.423 e. The fourth-order valence-corrected chi connectivity index (χ4v) is 1.09. The summed E-state index contributed by atoms with van der Waals surface area (Å²) in [4.78, 5) is 0. The summed E-state index contributed by atoms with van der Waals surface area (Å²) >= 11 is 5.39. The van der Waals surface area contributed by atoms with Crippen molar-refractivity contribution < 1.29 is 14.4 Å². The molecule has 0 saturated heterocycles. The highest BCUT2D eigenvalue weighted by atomic mass is 35.5. The molecular weight excluding hydrogens is 195 g/mol. The van der Waals surface area contributed by atoms with Crippen LogP contribution in [-0.4, -0.2) is 17.2 Å². The van der Waals surface area contributed by atoms with Crippen molar-refractivity contribution in [1.82, 2.24) is 0 Å². The molecule has 0 aromatic heterocycles. The molecule has 0 unspecified atom stereocenters. The van der Waals surface area contributed by atoms with E-state index < -0.39 is 18.4 Å². The van der Waals surface area contributed by atoms with Gasteiger partial charge in [0.2, 0.25) is 0 Å². The molecule has 0 saturated carbocycles. The monoisotopic (exact) mass is 199 g/mol. The Kier molecular flexibility index (Phi) is 2.88. The van der Waals surface area contributed by atoms with Crippen LogP contribution >= 0.6 is 11.6 Å². The van der Waals surface area contributed by atoms with E-state index in [0.717, 1.165) is 12.1 Å². The standard InChI is InChI=1S/C7H4BClFNO2/c9-6-2-4(3-11)1-5(7(6)10)8(12)13/h1-2,12-13H. The quantitative estimate of drug-likeness (QED) is 0.627. The summed E-state index contributed by atoms with van der Waals surface area (Å²) in [6.45, 7) is 0. The Hall–Kier alpha value is -1.09. The van der Waals surface area contributed by atoms with Crippen LogP contribution in [0.2, 0.25) is 5.02 Å². The maximum absolute atomic E-state index is 13.0. The summed E-state index contributed by atoms with van der Waals surface area (Å²) in [6, 6.07) is 3.86. The van der Waals surface area contributed by atoms with Gasteiger partial charge in [-0.1, -0.05) is 11.6 Å². The van der Waals surface area contributed by atoms with E-state index >= 15 is 0 Å². The maximum Gasteiger partial charge on any atom is 0.491 e. The van der Waals surface area contributed by atoms with Crippen LogP contribution in [0.5, 0.6) is 0 Å². The van der Waals surface area contributed by atoms with Crippen LogP contribution in [-0.2, 0) is 0 Å². The molecule has 66 valence electrons. The Morgan fingerprint density at radius 3 is 2.54 bits per heavy atom. The van der Waals surface area contributed by atoms with Crippen molar-refractivity contribution in [3.05, 3.63) is 28.5 Å². The topological polar surface area (TPSA) is 64.2 Å². The van der Waals surface area contributed by atoms with Crippen LogP contribution in [0.25, 0.3) is 0 Å². The van der Waals surface area contributed by atoms with Gasteiger partial charge in [0.15, 0.2) is 0 Å². The van der Waals surface area contributed by atoms with Gasteiger partial charge in [-0.3, -0.25) is 0 Å². The van der Waals surface area contributed by atoms with E-state index in [1.54, 1.807) is 6.07 Å². The van der Waals surface area contributed by atoms with Crippen molar-refractivity contribution in [1.29, 1.82) is 5.26 Å². The minimum atomic E-state index is -1.97. The molecule has 0 heterocycles. The Morgan fingerprint density at radius 1 is 1.46 bits per heavy atom. The van der Waals surface area contributed by atoms with Gasteiger partial charge in [-0.05, 0) is 12.1 Å². The highest BCUT2D eigenvalue weighted by molar-refractivity contribution is 6.59. The zero-order chi connectivity index (χ0) is 10.0. The number of hydrogen-bond donors (Lipinski definition) is 2. The summed E-state index contributed by atoms with van der Waals surface area (Å²) < 4.78 is 13.0. The highest BCUT2D eigenvalue weighted by Crippen LogP contribution is 2.14. The molecule has 2 N–H and O–H groups in total. The van der Waals surface area contributed by atoms with Gasteiger partial charge in [0.1, 0.15) is 5.82 Å². The lowest BCUT2D eigenvalue weighted by atomic mass is 9.79. The second kappa shape index (κ2) is 3.75. The van der Waals surface area contributed by atoms with Crippen LogP contribution in [0, 0.1) is 17.1 Å². The molecule has 3 nitrogen and oxygen atoms in total. The second-order valence-corrected chi connectivity index (χ2v) is 2.75. The number of nitrogens with zero attached hydrogens (tertiary/aromatic N) is 1. The van der Waals surface area contributed by atoms with E-state index in [1.807, 2.05) is 0 Å². The van der Waals surface area contributed by atoms with Crippen LogP contribution in [0.3, 0.4) is 0 Å². The van der Waals surface area contributed by atoms with E-state index in [9.17, 15) is 4.39 Å². The summed E-state index contributed by atoms with van der Waals surface area (Å²) in [6.07, 6.45) is 0. The number of halogens is 2. The maximum atomic E-state index is 13.0. The van der Waals surface area contributed by atoms with E-state index in [4.69, 9.17) is 26.9 Å². The second-order valence-electron chi connectivity index (χ2n) is 2.35. The van der Waals surface area contributed by atoms with Crippen molar-refractivity contribution in [3.63, 3.8) is 0 Å². The Labute approximate surface area is 79.1 Å². The first kappa shape index (κ1) is 10.00. The molecule has 6 heteroatoms. The van der Waals surface area contributed by atoms with Crippen LogP contribution in [0.4, 0.5) is 4.39 Å². The number of hydrogen-bond acceptors (Lipinski definition) is 3. The average molecular weight is 199 g/mol. The van der Waals surface area contributed by atoms with Gasteiger partial charge in [-0.2, -0.15) is 5.26 Å². The molecule has 0 amide bonds. The SMILES string of the molecule is N#Cc1cc(Cl)c(F)c(B(O)O)c1. The molecule has 0 bridgehead atoms. The van der Waals surface area contributed by atoms with Crippen LogP contribution < -0.4 is 5.46 Å². The third-order valence-electron chi connectivity index (χ3n) is 1.46. The first-order valence-corrected chi connectivity index (χ1v) is 3.69. The lowest BCUT2D eigenvalue weighted by Crippen LogP contribution is -2.33. The van der Waals surface area contributed by atoms with Crippen molar-refractivity contribution in [2.45, 2.75) is 0 Å². The molecule has 0 aliphatic rings. The van der Waals surface area contributed by atoms with Crippen LogP contribution in [0.1, 0.15) is 5.56 Å². The zero-order valence-corrected chi connectivity index (χ0v) is 7.09. The molecular formula is C7H4BClFNO2. The fraction of sp³-hybridized carbons (Fsp3) is 0. The molecule has 0 fully saturated rings.